The van der Waals surface area contributed by atoms with Gasteiger partial charge in [0.2, 0.25) is 0 Å². The second-order valence-corrected chi connectivity index (χ2v) is 6.27. The monoisotopic (exact) mass is 292 g/mol. The summed E-state index contributed by atoms with van der Waals surface area (Å²) in [7, 11) is 0. The van der Waals surface area contributed by atoms with Gasteiger partial charge < -0.3 is 15.2 Å². The Morgan fingerprint density at radius 3 is 2.81 bits per heavy atom. The Morgan fingerprint density at radius 2 is 2.10 bits per heavy atom. The fourth-order valence-electron chi connectivity index (χ4n) is 2.77. The molecule has 0 bridgehead atoms. The standard InChI is InChI=1S/C17H28N2O2/c1-13-6-8-17(9-7-13)21-12-16(20)11-18-10-15-5-3-4-14(2)19-15/h3-5,13,16-18,20H,6-12H2,1-2H3. The molecule has 0 aromatic carbocycles. The Labute approximate surface area is 127 Å². The number of nitrogens with zero attached hydrogens (tertiary/aromatic N) is 1. The zero-order valence-electron chi connectivity index (χ0n) is 13.2. The maximum absolute atomic E-state index is 9.96. The molecule has 21 heavy (non-hydrogen) atoms. The minimum Gasteiger partial charge on any atom is -0.389 e. The first-order valence-corrected chi connectivity index (χ1v) is 8.06. The Morgan fingerprint density at radius 1 is 1.33 bits per heavy atom. The molecule has 4 nitrogen and oxygen atoms in total. The number of hydrogen-bond acceptors (Lipinski definition) is 4. The highest BCUT2D eigenvalue weighted by Gasteiger charge is 2.19. The molecule has 1 aromatic rings. The Kier molecular flexibility index (Phi) is 6.61. The molecule has 1 heterocycles. The van der Waals surface area contributed by atoms with Crippen LogP contribution in [-0.4, -0.2) is 35.5 Å². The van der Waals surface area contributed by atoms with E-state index in [1.165, 1.54) is 12.8 Å². The first-order chi connectivity index (χ1) is 10.1. The lowest BCUT2D eigenvalue weighted by atomic mass is 9.89. The smallest absolute Gasteiger partial charge is 0.0897 e. The Balaban J connectivity index is 1.58. The fraction of sp³-hybridized carbons (Fsp3) is 0.706. The van der Waals surface area contributed by atoms with Crippen LogP contribution in [0.15, 0.2) is 18.2 Å². The molecule has 1 unspecified atom stereocenters. The largest absolute Gasteiger partial charge is 0.389 e. The van der Waals surface area contributed by atoms with Gasteiger partial charge in [-0.1, -0.05) is 13.0 Å². The summed E-state index contributed by atoms with van der Waals surface area (Å²) in [4.78, 5) is 4.42. The molecule has 1 saturated carbocycles. The summed E-state index contributed by atoms with van der Waals surface area (Å²) < 4.78 is 5.81. The van der Waals surface area contributed by atoms with Crippen molar-refractivity contribution in [1.82, 2.24) is 10.3 Å². The van der Waals surface area contributed by atoms with E-state index >= 15 is 0 Å². The Bertz CT molecular complexity index is 417. The van der Waals surface area contributed by atoms with E-state index in [-0.39, 0.29) is 0 Å². The van der Waals surface area contributed by atoms with Crippen molar-refractivity contribution in [2.24, 2.45) is 5.92 Å². The molecule has 2 rings (SSSR count). The second-order valence-electron chi connectivity index (χ2n) is 6.27. The van der Waals surface area contributed by atoms with Crippen LogP contribution in [0.5, 0.6) is 0 Å². The predicted molar refractivity (Wildman–Crippen MR) is 84.1 cm³/mol. The molecule has 4 heteroatoms. The lowest BCUT2D eigenvalue weighted by molar-refractivity contribution is -0.0278. The molecule has 1 aliphatic rings. The topological polar surface area (TPSA) is 54.4 Å². The molecular formula is C17H28N2O2. The predicted octanol–water partition coefficient (Wildman–Crippen LogP) is 2.44. The number of aliphatic hydroxyl groups is 1. The number of ether oxygens (including phenoxy) is 1. The number of pyridine rings is 1. The first-order valence-electron chi connectivity index (χ1n) is 8.06. The molecule has 0 radical (unpaired) electrons. The molecule has 1 aromatic heterocycles. The number of hydrogen-bond donors (Lipinski definition) is 2. The number of aliphatic hydroxyl groups excluding tert-OH is 1. The number of aromatic nitrogens is 1. The van der Waals surface area contributed by atoms with Crippen molar-refractivity contribution in [3.05, 3.63) is 29.6 Å². The van der Waals surface area contributed by atoms with E-state index in [0.717, 1.165) is 30.1 Å². The summed E-state index contributed by atoms with van der Waals surface area (Å²) in [6, 6.07) is 5.98. The summed E-state index contributed by atoms with van der Waals surface area (Å²) >= 11 is 0. The van der Waals surface area contributed by atoms with Gasteiger partial charge in [-0.25, -0.2) is 0 Å². The van der Waals surface area contributed by atoms with Crippen molar-refractivity contribution in [2.75, 3.05) is 13.2 Å². The van der Waals surface area contributed by atoms with Crippen molar-refractivity contribution >= 4 is 0 Å². The van der Waals surface area contributed by atoms with E-state index in [0.29, 0.717) is 25.8 Å². The fourth-order valence-corrected chi connectivity index (χ4v) is 2.77. The highest BCUT2D eigenvalue weighted by atomic mass is 16.5. The van der Waals surface area contributed by atoms with Crippen LogP contribution >= 0.6 is 0 Å². The highest BCUT2D eigenvalue weighted by molar-refractivity contribution is 5.09. The van der Waals surface area contributed by atoms with Crippen LogP contribution in [0.3, 0.4) is 0 Å². The molecule has 0 aliphatic heterocycles. The van der Waals surface area contributed by atoms with E-state index < -0.39 is 6.10 Å². The molecule has 118 valence electrons. The molecule has 0 spiro atoms. The van der Waals surface area contributed by atoms with Crippen molar-refractivity contribution < 1.29 is 9.84 Å². The lowest BCUT2D eigenvalue weighted by Crippen LogP contribution is -2.32. The zero-order valence-corrected chi connectivity index (χ0v) is 13.2. The molecule has 2 N–H and O–H groups in total. The average molecular weight is 292 g/mol. The maximum atomic E-state index is 9.96. The zero-order chi connectivity index (χ0) is 15.1. The van der Waals surface area contributed by atoms with Gasteiger partial charge in [-0.15, -0.1) is 0 Å². The van der Waals surface area contributed by atoms with Crippen LogP contribution in [0.1, 0.15) is 44.0 Å². The van der Waals surface area contributed by atoms with Crippen molar-refractivity contribution in [2.45, 2.75) is 58.3 Å². The van der Waals surface area contributed by atoms with Gasteiger partial charge in [0.15, 0.2) is 0 Å². The SMILES string of the molecule is Cc1cccc(CNCC(O)COC2CCC(C)CC2)n1. The lowest BCUT2D eigenvalue weighted by Gasteiger charge is -2.27. The normalized spacial score (nSPS) is 24.0. The minimum atomic E-state index is -0.450. The molecule has 1 aliphatic carbocycles. The quantitative estimate of drug-likeness (QED) is 0.810. The first kappa shape index (κ1) is 16.4. The van der Waals surface area contributed by atoms with Crippen molar-refractivity contribution in [3.63, 3.8) is 0 Å². The van der Waals surface area contributed by atoms with Crippen LogP contribution in [0.2, 0.25) is 0 Å². The van der Waals surface area contributed by atoms with E-state index in [2.05, 4.69) is 17.2 Å². The van der Waals surface area contributed by atoms with E-state index in [4.69, 9.17) is 4.74 Å². The molecule has 1 atom stereocenters. The number of nitrogens with one attached hydrogen (secondary N) is 1. The van der Waals surface area contributed by atoms with Gasteiger partial charge >= 0.3 is 0 Å². The van der Waals surface area contributed by atoms with E-state index in [1.54, 1.807) is 0 Å². The van der Waals surface area contributed by atoms with Gasteiger partial charge in [0.1, 0.15) is 0 Å². The van der Waals surface area contributed by atoms with Crippen LogP contribution in [0.25, 0.3) is 0 Å². The summed E-state index contributed by atoms with van der Waals surface area (Å²) in [5.74, 6) is 0.832. The molecular weight excluding hydrogens is 264 g/mol. The third kappa shape index (κ3) is 6.12. The maximum Gasteiger partial charge on any atom is 0.0897 e. The second kappa shape index (κ2) is 8.47. The van der Waals surface area contributed by atoms with Gasteiger partial charge in [0, 0.05) is 18.8 Å². The number of aryl methyl sites for hydroxylation is 1. The van der Waals surface area contributed by atoms with Crippen molar-refractivity contribution in [1.29, 1.82) is 0 Å². The van der Waals surface area contributed by atoms with Crippen LogP contribution in [-0.2, 0) is 11.3 Å². The van der Waals surface area contributed by atoms with E-state index in [9.17, 15) is 5.11 Å². The third-order valence-electron chi connectivity index (χ3n) is 4.12. The summed E-state index contributed by atoms with van der Waals surface area (Å²) in [6.45, 7) is 5.93. The summed E-state index contributed by atoms with van der Waals surface area (Å²) in [6.07, 6.45) is 4.66. The van der Waals surface area contributed by atoms with Gasteiger partial charge in [0.05, 0.1) is 24.5 Å². The summed E-state index contributed by atoms with van der Waals surface area (Å²) in [5.41, 5.74) is 2.02. The number of rotatable bonds is 7. The van der Waals surface area contributed by atoms with Gasteiger partial charge in [-0.2, -0.15) is 0 Å². The van der Waals surface area contributed by atoms with Crippen molar-refractivity contribution in [3.8, 4) is 0 Å². The van der Waals surface area contributed by atoms with Gasteiger partial charge in [-0.05, 0) is 50.7 Å². The molecule has 1 fully saturated rings. The van der Waals surface area contributed by atoms with Gasteiger partial charge in [-0.3, -0.25) is 4.98 Å². The Hall–Kier alpha value is -0.970. The van der Waals surface area contributed by atoms with Crippen LogP contribution in [0, 0.1) is 12.8 Å². The van der Waals surface area contributed by atoms with Crippen LogP contribution < -0.4 is 5.32 Å². The van der Waals surface area contributed by atoms with Gasteiger partial charge in [0.25, 0.3) is 0 Å². The van der Waals surface area contributed by atoms with E-state index in [1.807, 2.05) is 25.1 Å². The summed E-state index contributed by atoms with van der Waals surface area (Å²) in [5, 5.41) is 13.2. The average Bonchev–Trinajstić information content (AvgIpc) is 2.47. The molecule has 0 amide bonds. The highest BCUT2D eigenvalue weighted by Crippen LogP contribution is 2.25. The molecule has 0 saturated heterocycles. The minimum absolute atomic E-state index is 0.342. The third-order valence-corrected chi connectivity index (χ3v) is 4.12. The van der Waals surface area contributed by atoms with Crippen LogP contribution in [0.4, 0.5) is 0 Å².